The highest BCUT2D eigenvalue weighted by Crippen LogP contribution is 2.41. The maximum absolute atomic E-state index is 11.0. The Balaban J connectivity index is 1.22. The number of fused-ring (bicyclic) bond motifs is 1. The number of hydrogen-bond donors (Lipinski definition) is 2. The van der Waals surface area contributed by atoms with E-state index in [1.165, 1.54) is 0 Å². The van der Waals surface area contributed by atoms with Crippen molar-refractivity contribution in [1.82, 2.24) is 0 Å². The van der Waals surface area contributed by atoms with E-state index in [2.05, 4.69) is 36.0 Å². The number of aromatic hydroxyl groups is 1. The van der Waals surface area contributed by atoms with Crippen LogP contribution in [0.5, 0.6) is 17.2 Å². The van der Waals surface area contributed by atoms with Crippen LogP contribution >= 0.6 is 0 Å². The lowest BCUT2D eigenvalue weighted by atomic mass is 10.1. The molecule has 0 spiro atoms. The van der Waals surface area contributed by atoms with Crippen LogP contribution in [0.4, 0.5) is 45.5 Å². The molecule has 6 aromatic rings. The van der Waals surface area contributed by atoms with Crippen molar-refractivity contribution < 1.29 is 14.6 Å². The number of ether oxygens (including phenoxy) is 2. The molecule has 6 rings (SSSR count). The molecule has 0 atom stereocenters. The van der Waals surface area contributed by atoms with Crippen LogP contribution in [0.1, 0.15) is 11.1 Å². The van der Waals surface area contributed by atoms with E-state index in [4.69, 9.17) is 9.47 Å². The summed E-state index contributed by atoms with van der Waals surface area (Å²) < 4.78 is 11.2. The molecule has 48 heavy (non-hydrogen) atoms. The van der Waals surface area contributed by atoms with E-state index >= 15 is 0 Å². The number of rotatable bonds is 10. The predicted molar refractivity (Wildman–Crippen MR) is 190 cm³/mol. The Morgan fingerprint density at radius 3 is 1.65 bits per heavy atom. The number of para-hydroxylation sites is 1. The third-order valence-electron chi connectivity index (χ3n) is 7.59. The standard InChI is InChI=1S/C38H33N7O3/c1-24-19-35(36(47-3)22-32(24)42-40-28-13-9-6-10-14-28)45-43-33-23-37(48-4)34(20-25(33)2)44-41-31-18-15-26-21-29(16-17-30(26)38(31)46)39-27-11-7-5-8-12-27/h5-23,39,46H,1-4H3. The van der Waals surface area contributed by atoms with Gasteiger partial charge in [0, 0.05) is 28.9 Å². The molecule has 238 valence electrons. The summed E-state index contributed by atoms with van der Waals surface area (Å²) in [5, 5.41) is 42.4. The van der Waals surface area contributed by atoms with Crippen molar-refractivity contribution in [3.8, 4) is 17.2 Å². The second-order valence-corrected chi connectivity index (χ2v) is 10.9. The number of aryl methyl sites for hydroxylation is 2. The lowest BCUT2D eigenvalue weighted by Crippen LogP contribution is -1.89. The smallest absolute Gasteiger partial charge is 0.150 e. The number of azo groups is 3. The van der Waals surface area contributed by atoms with Gasteiger partial charge in [-0.05, 0) is 91.0 Å². The zero-order valence-electron chi connectivity index (χ0n) is 26.9. The molecule has 0 fully saturated rings. The number of benzene rings is 6. The average Bonchev–Trinajstić information content (AvgIpc) is 3.11. The van der Waals surface area contributed by atoms with E-state index in [-0.39, 0.29) is 5.75 Å². The van der Waals surface area contributed by atoms with Gasteiger partial charge in [0.2, 0.25) is 0 Å². The van der Waals surface area contributed by atoms with Crippen molar-refractivity contribution in [2.75, 3.05) is 19.5 Å². The number of hydrogen-bond acceptors (Lipinski definition) is 10. The summed E-state index contributed by atoms with van der Waals surface area (Å²) in [6, 6.07) is 36.0. The van der Waals surface area contributed by atoms with E-state index in [1.807, 2.05) is 111 Å². The van der Waals surface area contributed by atoms with E-state index in [1.54, 1.807) is 32.4 Å². The van der Waals surface area contributed by atoms with E-state index in [9.17, 15) is 5.11 Å². The highest BCUT2D eigenvalue weighted by Gasteiger charge is 2.12. The fourth-order valence-electron chi connectivity index (χ4n) is 4.99. The van der Waals surface area contributed by atoms with Crippen molar-refractivity contribution in [3.05, 3.63) is 126 Å². The van der Waals surface area contributed by atoms with Gasteiger partial charge in [0.05, 0.1) is 31.3 Å². The van der Waals surface area contributed by atoms with Gasteiger partial charge in [0.1, 0.15) is 28.6 Å². The molecule has 0 aliphatic heterocycles. The van der Waals surface area contributed by atoms with Crippen molar-refractivity contribution in [3.63, 3.8) is 0 Å². The highest BCUT2D eigenvalue weighted by molar-refractivity contribution is 5.94. The van der Waals surface area contributed by atoms with Gasteiger partial charge < -0.3 is 19.9 Å². The number of phenols is 1. The van der Waals surface area contributed by atoms with Crippen LogP contribution in [-0.2, 0) is 0 Å². The summed E-state index contributed by atoms with van der Waals surface area (Å²) in [7, 11) is 3.12. The summed E-state index contributed by atoms with van der Waals surface area (Å²) >= 11 is 0. The molecule has 0 unspecified atom stereocenters. The summed E-state index contributed by atoms with van der Waals surface area (Å²) in [5.41, 5.74) is 6.95. The lowest BCUT2D eigenvalue weighted by molar-refractivity contribution is 0.415. The molecule has 6 aromatic carbocycles. The normalized spacial score (nSPS) is 11.6. The zero-order chi connectivity index (χ0) is 33.5. The molecular weight excluding hydrogens is 602 g/mol. The fraction of sp³-hybridized carbons (Fsp3) is 0.105. The molecule has 10 nitrogen and oxygen atoms in total. The first-order chi connectivity index (χ1) is 23.4. The maximum atomic E-state index is 11.0. The Kier molecular flexibility index (Phi) is 9.43. The molecule has 0 aliphatic carbocycles. The van der Waals surface area contributed by atoms with Crippen molar-refractivity contribution >= 4 is 56.3 Å². The Hall–Kier alpha value is -6.42. The maximum Gasteiger partial charge on any atom is 0.150 e. The third-order valence-corrected chi connectivity index (χ3v) is 7.59. The zero-order valence-corrected chi connectivity index (χ0v) is 26.9. The van der Waals surface area contributed by atoms with Gasteiger partial charge in [0.25, 0.3) is 0 Å². The quantitative estimate of drug-likeness (QED) is 0.145. The first-order valence-electron chi connectivity index (χ1n) is 15.2. The van der Waals surface area contributed by atoms with E-state index in [0.717, 1.165) is 33.6 Å². The molecular formula is C38H33N7O3. The first-order valence-corrected chi connectivity index (χ1v) is 15.2. The summed E-state index contributed by atoms with van der Waals surface area (Å²) in [4.78, 5) is 0. The monoisotopic (exact) mass is 635 g/mol. The van der Waals surface area contributed by atoms with Crippen LogP contribution in [-0.4, -0.2) is 19.3 Å². The van der Waals surface area contributed by atoms with Crippen molar-refractivity contribution in [1.29, 1.82) is 0 Å². The second kappa shape index (κ2) is 14.3. The largest absolute Gasteiger partial charge is 0.505 e. The van der Waals surface area contributed by atoms with Crippen LogP contribution in [0, 0.1) is 13.8 Å². The number of methoxy groups -OCH3 is 2. The Morgan fingerprint density at radius 1 is 0.500 bits per heavy atom. The predicted octanol–water partition coefficient (Wildman–Crippen LogP) is 12.2. The van der Waals surface area contributed by atoms with Crippen LogP contribution < -0.4 is 14.8 Å². The molecule has 0 radical (unpaired) electrons. The number of nitrogens with zero attached hydrogens (tertiary/aromatic N) is 6. The molecule has 0 heterocycles. The highest BCUT2D eigenvalue weighted by atomic mass is 16.5. The molecule has 10 heteroatoms. The molecule has 0 bridgehead atoms. The molecule has 2 N–H and O–H groups in total. The minimum absolute atomic E-state index is 0.0421. The Labute approximate surface area is 278 Å². The van der Waals surface area contributed by atoms with Gasteiger partial charge in [-0.1, -0.05) is 42.5 Å². The van der Waals surface area contributed by atoms with Crippen molar-refractivity contribution in [2.24, 2.45) is 30.7 Å². The molecule has 0 amide bonds. The Bertz CT molecular complexity index is 2170. The molecule has 0 saturated heterocycles. The lowest BCUT2D eigenvalue weighted by Gasteiger charge is -2.10. The topological polar surface area (TPSA) is 125 Å². The van der Waals surface area contributed by atoms with Gasteiger partial charge in [-0.2, -0.15) is 15.3 Å². The van der Waals surface area contributed by atoms with Crippen LogP contribution in [0.15, 0.2) is 146 Å². The number of nitrogens with one attached hydrogen (secondary N) is 1. The minimum Gasteiger partial charge on any atom is -0.505 e. The average molecular weight is 636 g/mol. The van der Waals surface area contributed by atoms with Crippen LogP contribution in [0.2, 0.25) is 0 Å². The van der Waals surface area contributed by atoms with Gasteiger partial charge in [-0.15, -0.1) is 15.3 Å². The van der Waals surface area contributed by atoms with Gasteiger partial charge in [0.15, 0.2) is 5.75 Å². The molecule has 0 aromatic heterocycles. The Morgan fingerprint density at radius 2 is 1.04 bits per heavy atom. The minimum atomic E-state index is 0.0421. The van der Waals surface area contributed by atoms with Gasteiger partial charge >= 0.3 is 0 Å². The molecule has 0 aliphatic rings. The van der Waals surface area contributed by atoms with Gasteiger partial charge in [-0.3, -0.25) is 0 Å². The van der Waals surface area contributed by atoms with E-state index in [0.29, 0.717) is 45.3 Å². The molecule has 0 saturated carbocycles. The van der Waals surface area contributed by atoms with E-state index < -0.39 is 0 Å². The van der Waals surface area contributed by atoms with Crippen LogP contribution in [0.3, 0.4) is 0 Å². The summed E-state index contributed by atoms with van der Waals surface area (Å²) in [6.07, 6.45) is 0. The summed E-state index contributed by atoms with van der Waals surface area (Å²) in [6.45, 7) is 3.83. The number of phenolic OH excluding ortho intramolecular Hbond substituents is 1. The second-order valence-electron chi connectivity index (χ2n) is 10.9. The SMILES string of the molecule is COc1cc(N=Nc2ccccc2)c(C)cc1N=Nc1cc(OC)c(N=Nc2ccc3cc(Nc4ccccc4)ccc3c2O)cc1C. The van der Waals surface area contributed by atoms with Crippen molar-refractivity contribution in [2.45, 2.75) is 13.8 Å². The fourth-order valence-corrected chi connectivity index (χ4v) is 4.99. The first kappa shape index (κ1) is 31.6. The summed E-state index contributed by atoms with van der Waals surface area (Å²) in [5.74, 6) is 1.01. The van der Waals surface area contributed by atoms with Crippen LogP contribution in [0.25, 0.3) is 10.8 Å². The number of anilines is 2. The van der Waals surface area contributed by atoms with Gasteiger partial charge in [-0.25, -0.2) is 0 Å². The third kappa shape index (κ3) is 7.18.